The fourth-order valence-corrected chi connectivity index (χ4v) is 5.09. The monoisotopic (exact) mass is 484 g/mol. The van der Waals surface area contributed by atoms with Crippen LogP contribution in [0.3, 0.4) is 0 Å². The number of hydrogen-bond acceptors (Lipinski definition) is 8. The number of esters is 4. The highest BCUT2D eigenvalue weighted by Gasteiger charge is 2.35. The van der Waals surface area contributed by atoms with E-state index >= 15 is 0 Å². The second-order valence-corrected chi connectivity index (χ2v) is 8.09. The lowest BCUT2D eigenvalue weighted by molar-refractivity contribution is 0.0538. The van der Waals surface area contributed by atoms with Gasteiger partial charge in [-0.2, -0.15) is 0 Å². The molecule has 0 fully saturated rings. The van der Waals surface area contributed by atoms with E-state index < -0.39 is 23.9 Å². The molecule has 8 heteroatoms. The largest absolute Gasteiger partial charge is 0.465 e. The predicted octanol–water partition coefficient (Wildman–Crippen LogP) is 4.88. The quantitative estimate of drug-likeness (QED) is 0.154. The Balaban J connectivity index is 2.27. The summed E-state index contributed by atoms with van der Waals surface area (Å²) in [5.41, 5.74) is -0.747. The normalized spacial score (nSPS) is 11.2. The van der Waals surface area contributed by atoms with Crippen LogP contribution >= 0.6 is 0 Å². The smallest absolute Gasteiger partial charge is 0.339 e. The highest BCUT2D eigenvalue weighted by molar-refractivity contribution is 6.40. The molecule has 5 aromatic rings. The first-order chi connectivity index (χ1) is 17.4. The Labute approximate surface area is 204 Å². The molecule has 0 N–H and O–H groups in total. The molecule has 5 rings (SSSR count). The minimum atomic E-state index is -0.957. The fraction of sp³-hybridized carbons (Fsp3) is 0.143. The Morgan fingerprint density at radius 3 is 1.56 bits per heavy atom. The maximum absolute atomic E-state index is 13.3. The minimum Gasteiger partial charge on any atom is -0.465 e. The topological polar surface area (TPSA) is 105 Å². The summed E-state index contributed by atoms with van der Waals surface area (Å²) < 4.78 is 20.1. The minimum absolute atomic E-state index is 0.0334. The van der Waals surface area contributed by atoms with Crippen molar-refractivity contribution in [3.63, 3.8) is 0 Å². The number of hydrogen-bond donors (Lipinski definition) is 0. The standard InChI is InChI=1S/C28H20O8/c1-33-25(29)17-12-11-15-14-9-5-7-13-8-6-10-16(18(13)14)20-19(15)21(17)23(27(31)35-3)24(28(32)36-4)22(20)26(30)34-2/h5-12H,1-4H3. The van der Waals surface area contributed by atoms with Crippen LogP contribution in [-0.2, 0) is 18.9 Å². The van der Waals surface area contributed by atoms with E-state index in [1.54, 1.807) is 6.07 Å². The molecule has 0 aliphatic carbocycles. The average molecular weight is 484 g/mol. The van der Waals surface area contributed by atoms with Crippen molar-refractivity contribution in [2.24, 2.45) is 0 Å². The third kappa shape index (κ3) is 3.00. The molecule has 0 radical (unpaired) electrons. The first kappa shape index (κ1) is 23.0. The molecule has 0 aromatic heterocycles. The number of carbonyl (C=O) groups excluding carboxylic acids is 4. The summed E-state index contributed by atoms with van der Waals surface area (Å²) in [6.45, 7) is 0. The Morgan fingerprint density at radius 1 is 0.472 bits per heavy atom. The summed E-state index contributed by atoms with van der Waals surface area (Å²) in [6, 6.07) is 14.6. The molecular weight excluding hydrogens is 464 g/mol. The van der Waals surface area contributed by atoms with E-state index in [0.29, 0.717) is 21.5 Å². The summed E-state index contributed by atoms with van der Waals surface area (Å²) in [6.07, 6.45) is 0. The van der Waals surface area contributed by atoms with Gasteiger partial charge >= 0.3 is 23.9 Å². The van der Waals surface area contributed by atoms with E-state index in [1.807, 2.05) is 36.4 Å². The number of ether oxygens (including phenoxy) is 4. The van der Waals surface area contributed by atoms with Crippen molar-refractivity contribution < 1.29 is 38.1 Å². The third-order valence-electron chi connectivity index (χ3n) is 6.49. The van der Waals surface area contributed by atoms with Crippen LogP contribution < -0.4 is 0 Å². The van der Waals surface area contributed by atoms with Crippen molar-refractivity contribution in [3.05, 3.63) is 70.8 Å². The summed E-state index contributed by atoms with van der Waals surface area (Å²) in [5.74, 6) is -3.45. The second-order valence-electron chi connectivity index (χ2n) is 8.09. The molecule has 0 heterocycles. The zero-order valence-electron chi connectivity index (χ0n) is 19.9. The first-order valence-corrected chi connectivity index (χ1v) is 10.9. The van der Waals surface area contributed by atoms with Gasteiger partial charge in [-0.05, 0) is 33.0 Å². The summed E-state index contributed by atoms with van der Waals surface area (Å²) >= 11 is 0. The number of benzene rings is 5. The highest BCUT2D eigenvalue weighted by atomic mass is 16.5. The molecule has 0 unspecified atom stereocenters. The molecule has 0 amide bonds. The molecule has 0 aliphatic rings. The Kier molecular flexibility index (Phi) is 5.44. The van der Waals surface area contributed by atoms with Crippen molar-refractivity contribution in [3.8, 4) is 0 Å². The molecule has 0 atom stereocenters. The predicted molar refractivity (Wildman–Crippen MR) is 133 cm³/mol. The van der Waals surface area contributed by atoms with Crippen molar-refractivity contribution in [2.75, 3.05) is 28.4 Å². The molecule has 180 valence electrons. The van der Waals surface area contributed by atoms with Crippen LogP contribution in [0.1, 0.15) is 41.4 Å². The highest BCUT2D eigenvalue weighted by Crippen LogP contribution is 2.46. The van der Waals surface area contributed by atoms with Crippen molar-refractivity contribution in [2.45, 2.75) is 0 Å². The van der Waals surface area contributed by atoms with Gasteiger partial charge in [0.05, 0.1) is 50.7 Å². The van der Waals surface area contributed by atoms with E-state index in [2.05, 4.69) is 0 Å². The van der Waals surface area contributed by atoms with Crippen LogP contribution in [0.4, 0.5) is 0 Å². The lowest BCUT2D eigenvalue weighted by Crippen LogP contribution is -2.20. The van der Waals surface area contributed by atoms with Gasteiger partial charge in [0.15, 0.2) is 0 Å². The Morgan fingerprint density at radius 2 is 0.972 bits per heavy atom. The Hall–Kier alpha value is -4.72. The zero-order valence-corrected chi connectivity index (χ0v) is 19.9. The van der Waals surface area contributed by atoms with Crippen LogP contribution in [0.25, 0.3) is 43.1 Å². The fourth-order valence-electron chi connectivity index (χ4n) is 5.09. The molecule has 8 nitrogen and oxygen atoms in total. The Bertz CT molecular complexity index is 1740. The van der Waals surface area contributed by atoms with E-state index in [4.69, 9.17) is 18.9 Å². The molecule has 0 saturated carbocycles. The van der Waals surface area contributed by atoms with Crippen LogP contribution in [-0.4, -0.2) is 52.3 Å². The van der Waals surface area contributed by atoms with Gasteiger partial charge in [-0.1, -0.05) is 42.5 Å². The maximum Gasteiger partial charge on any atom is 0.339 e. The van der Waals surface area contributed by atoms with Crippen LogP contribution in [0.15, 0.2) is 48.5 Å². The molecular formula is C28H20O8. The third-order valence-corrected chi connectivity index (χ3v) is 6.49. The maximum atomic E-state index is 13.3. The first-order valence-electron chi connectivity index (χ1n) is 10.9. The number of carbonyl (C=O) groups is 4. The van der Waals surface area contributed by atoms with Gasteiger partial charge in [-0.25, -0.2) is 19.2 Å². The van der Waals surface area contributed by atoms with E-state index in [9.17, 15) is 19.2 Å². The SMILES string of the molecule is COC(=O)c1c(C(=O)OC)c2c(C(=O)OC)ccc3c4cccc5cccc(c(c1C(=O)OC)c23)c54. The van der Waals surface area contributed by atoms with Gasteiger partial charge in [0, 0.05) is 16.2 Å². The number of rotatable bonds is 4. The number of fused-ring (bicyclic) bond motifs is 2. The molecule has 0 bridgehead atoms. The van der Waals surface area contributed by atoms with Crippen LogP contribution in [0.2, 0.25) is 0 Å². The molecule has 0 spiro atoms. The average Bonchev–Trinajstić information content (AvgIpc) is 2.92. The van der Waals surface area contributed by atoms with Crippen molar-refractivity contribution in [1.82, 2.24) is 0 Å². The van der Waals surface area contributed by atoms with E-state index in [1.165, 1.54) is 20.3 Å². The van der Waals surface area contributed by atoms with Gasteiger partial charge < -0.3 is 18.9 Å². The second kappa shape index (κ2) is 8.49. The summed E-state index contributed by atoms with van der Waals surface area (Å²) in [4.78, 5) is 52.6. The van der Waals surface area contributed by atoms with Gasteiger partial charge in [-0.3, -0.25) is 0 Å². The van der Waals surface area contributed by atoms with Gasteiger partial charge in [-0.15, -0.1) is 0 Å². The molecule has 36 heavy (non-hydrogen) atoms. The summed E-state index contributed by atoms with van der Waals surface area (Å²) in [5, 5.41) is 4.83. The zero-order chi connectivity index (χ0) is 25.7. The van der Waals surface area contributed by atoms with Crippen LogP contribution in [0.5, 0.6) is 0 Å². The molecule has 0 saturated heterocycles. The lowest BCUT2D eigenvalue weighted by Gasteiger charge is -2.22. The van der Waals surface area contributed by atoms with E-state index in [0.717, 1.165) is 30.4 Å². The van der Waals surface area contributed by atoms with Crippen LogP contribution in [0, 0.1) is 0 Å². The summed E-state index contributed by atoms with van der Waals surface area (Å²) in [7, 11) is 4.67. The van der Waals surface area contributed by atoms with E-state index in [-0.39, 0.29) is 27.6 Å². The van der Waals surface area contributed by atoms with Crippen molar-refractivity contribution in [1.29, 1.82) is 0 Å². The van der Waals surface area contributed by atoms with Gasteiger partial charge in [0.25, 0.3) is 0 Å². The molecule has 0 aliphatic heterocycles. The molecule has 5 aromatic carbocycles. The van der Waals surface area contributed by atoms with Gasteiger partial charge in [0.1, 0.15) is 0 Å². The van der Waals surface area contributed by atoms with Crippen molar-refractivity contribution >= 4 is 67.0 Å². The van der Waals surface area contributed by atoms with Gasteiger partial charge in [0.2, 0.25) is 0 Å². The lowest BCUT2D eigenvalue weighted by atomic mass is 9.81. The number of methoxy groups -OCH3 is 4.